The van der Waals surface area contributed by atoms with E-state index in [1.807, 2.05) is 12.1 Å². The van der Waals surface area contributed by atoms with Crippen molar-refractivity contribution < 1.29 is 4.74 Å². The minimum Gasteiger partial charge on any atom is -0.497 e. The van der Waals surface area contributed by atoms with E-state index in [9.17, 15) is 0 Å². The van der Waals surface area contributed by atoms with Gasteiger partial charge in [0.15, 0.2) is 0 Å². The van der Waals surface area contributed by atoms with Crippen LogP contribution in [0.5, 0.6) is 5.75 Å². The maximum absolute atomic E-state index is 5.13. The highest BCUT2D eigenvalue weighted by Gasteiger charge is 2.10. The van der Waals surface area contributed by atoms with Gasteiger partial charge in [0.05, 0.1) is 7.11 Å². The summed E-state index contributed by atoms with van der Waals surface area (Å²) in [5, 5.41) is 3.57. The number of methoxy groups -OCH3 is 1. The first-order valence-electron chi connectivity index (χ1n) is 5.59. The van der Waals surface area contributed by atoms with Crippen molar-refractivity contribution in [3.8, 4) is 5.75 Å². The summed E-state index contributed by atoms with van der Waals surface area (Å²) in [5.41, 5.74) is 1.30. The molecule has 1 N–H and O–H groups in total. The third-order valence-electron chi connectivity index (χ3n) is 2.70. The maximum Gasteiger partial charge on any atom is 0.118 e. The highest BCUT2D eigenvalue weighted by molar-refractivity contribution is 14.1. The SMILES string of the molecule is COc1ccc(CNC(CI)C(C)C)cc1. The Bertz CT molecular complexity index is 297. The van der Waals surface area contributed by atoms with Gasteiger partial charge in [-0.1, -0.05) is 48.6 Å². The molecule has 0 radical (unpaired) electrons. The van der Waals surface area contributed by atoms with Crippen LogP contribution in [0.15, 0.2) is 24.3 Å². The van der Waals surface area contributed by atoms with E-state index < -0.39 is 0 Å². The minimum atomic E-state index is 0.586. The third-order valence-corrected chi connectivity index (χ3v) is 3.65. The highest BCUT2D eigenvalue weighted by atomic mass is 127. The lowest BCUT2D eigenvalue weighted by atomic mass is 10.1. The summed E-state index contributed by atoms with van der Waals surface area (Å²) in [7, 11) is 1.69. The number of benzene rings is 1. The molecule has 1 rings (SSSR count). The minimum absolute atomic E-state index is 0.586. The predicted molar refractivity (Wildman–Crippen MR) is 77.3 cm³/mol. The molecule has 0 aliphatic rings. The molecule has 3 heteroatoms. The molecule has 1 aromatic carbocycles. The molecule has 90 valence electrons. The summed E-state index contributed by atoms with van der Waals surface area (Å²) in [4.78, 5) is 0. The molecule has 16 heavy (non-hydrogen) atoms. The number of hydrogen-bond acceptors (Lipinski definition) is 2. The van der Waals surface area contributed by atoms with Crippen molar-refractivity contribution in [2.45, 2.75) is 26.4 Å². The van der Waals surface area contributed by atoms with Crippen molar-refractivity contribution in [3.63, 3.8) is 0 Å². The Labute approximate surface area is 112 Å². The number of rotatable bonds is 6. The first-order valence-corrected chi connectivity index (χ1v) is 7.12. The van der Waals surface area contributed by atoms with Gasteiger partial charge in [0, 0.05) is 17.0 Å². The fourth-order valence-electron chi connectivity index (χ4n) is 1.46. The zero-order valence-electron chi connectivity index (χ0n) is 10.2. The van der Waals surface area contributed by atoms with E-state index in [4.69, 9.17) is 4.74 Å². The standard InChI is InChI=1S/C13H20INO/c1-10(2)13(8-14)15-9-11-4-6-12(16-3)7-5-11/h4-7,10,13,15H,8-9H2,1-3H3. The largest absolute Gasteiger partial charge is 0.497 e. The molecule has 2 nitrogen and oxygen atoms in total. The van der Waals surface area contributed by atoms with Crippen LogP contribution in [-0.4, -0.2) is 17.6 Å². The summed E-state index contributed by atoms with van der Waals surface area (Å²) in [6.07, 6.45) is 0. The van der Waals surface area contributed by atoms with E-state index in [1.54, 1.807) is 7.11 Å². The summed E-state index contributed by atoms with van der Waals surface area (Å²) < 4.78 is 6.28. The Morgan fingerprint density at radius 3 is 2.31 bits per heavy atom. The van der Waals surface area contributed by atoms with Crippen molar-refractivity contribution in [1.29, 1.82) is 0 Å². The van der Waals surface area contributed by atoms with Crippen LogP contribution in [0, 0.1) is 5.92 Å². The number of hydrogen-bond donors (Lipinski definition) is 1. The van der Waals surface area contributed by atoms with Gasteiger partial charge in [-0.3, -0.25) is 0 Å². The number of alkyl halides is 1. The van der Waals surface area contributed by atoms with Crippen molar-refractivity contribution >= 4 is 22.6 Å². The molecule has 0 saturated carbocycles. The van der Waals surface area contributed by atoms with Crippen molar-refractivity contribution in [2.75, 3.05) is 11.5 Å². The fraction of sp³-hybridized carbons (Fsp3) is 0.538. The Morgan fingerprint density at radius 2 is 1.88 bits per heavy atom. The van der Waals surface area contributed by atoms with E-state index in [0.717, 1.165) is 16.7 Å². The molecule has 1 atom stereocenters. The van der Waals surface area contributed by atoms with Gasteiger partial charge in [-0.15, -0.1) is 0 Å². The Balaban J connectivity index is 2.47. The second-order valence-electron chi connectivity index (χ2n) is 4.23. The Hall–Kier alpha value is -0.290. The van der Waals surface area contributed by atoms with Crippen LogP contribution in [0.1, 0.15) is 19.4 Å². The predicted octanol–water partition coefficient (Wildman–Crippen LogP) is 3.24. The molecule has 1 unspecified atom stereocenters. The van der Waals surface area contributed by atoms with Gasteiger partial charge >= 0.3 is 0 Å². The molecular weight excluding hydrogens is 313 g/mol. The normalized spacial score (nSPS) is 12.8. The molecule has 0 saturated heterocycles. The summed E-state index contributed by atoms with van der Waals surface area (Å²) >= 11 is 2.44. The first-order chi connectivity index (χ1) is 7.67. The van der Waals surface area contributed by atoms with Crippen molar-refractivity contribution in [3.05, 3.63) is 29.8 Å². The van der Waals surface area contributed by atoms with Crippen LogP contribution in [0.25, 0.3) is 0 Å². The smallest absolute Gasteiger partial charge is 0.118 e. The molecule has 1 aromatic rings. The van der Waals surface area contributed by atoms with Crippen LogP contribution >= 0.6 is 22.6 Å². The van der Waals surface area contributed by atoms with Crippen LogP contribution in [-0.2, 0) is 6.54 Å². The lowest BCUT2D eigenvalue weighted by molar-refractivity contribution is 0.414. The first kappa shape index (κ1) is 13.8. The lowest BCUT2D eigenvalue weighted by Gasteiger charge is -2.20. The average molecular weight is 333 g/mol. The van der Waals surface area contributed by atoms with Crippen LogP contribution in [0.2, 0.25) is 0 Å². The number of halogens is 1. The summed E-state index contributed by atoms with van der Waals surface area (Å²) in [6.45, 7) is 5.44. The van der Waals surface area contributed by atoms with E-state index in [-0.39, 0.29) is 0 Å². The molecule has 0 bridgehead atoms. The summed E-state index contributed by atoms with van der Waals surface area (Å²) in [6, 6.07) is 8.81. The van der Waals surface area contributed by atoms with Crippen molar-refractivity contribution in [2.24, 2.45) is 5.92 Å². The van der Waals surface area contributed by atoms with Gasteiger partial charge in [-0.05, 0) is 23.6 Å². The quantitative estimate of drug-likeness (QED) is 0.637. The zero-order chi connectivity index (χ0) is 12.0. The second-order valence-corrected chi connectivity index (χ2v) is 5.11. The topological polar surface area (TPSA) is 21.3 Å². The van der Waals surface area contributed by atoms with Crippen LogP contribution in [0.4, 0.5) is 0 Å². The zero-order valence-corrected chi connectivity index (χ0v) is 12.3. The summed E-state index contributed by atoms with van der Waals surface area (Å²) in [5.74, 6) is 1.59. The van der Waals surface area contributed by atoms with Gasteiger partial charge < -0.3 is 10.1 Å². The number of ether oxygens (including phenoxy) is 1. The van der Waals surface area contributed by atoms with Gasteiger partial charge in [-0.2, -0.15) is 0 Å². The van der Waals surface area contributed by atoms with Gasteiger partial charge in [-0.25, -0.2) is 0 Å². The molecular formula is C13H20INO. The van der Waals surface area contributed by atoms with E-state index in [1.165, 1.54) is 5.56 Å². The highest BCUT2D eigenvalue weighted by Crippen LogP contribution is 2.12. The molecule has 0 spiro atoms. The van der Waals surface area contributed by atoms with Crippen LogP contribution in [0.3, 0.4) is 0 Å². The monoisotopic (exact) mass is 333 g/mol. The molecule has 0 aromatic heterocycles. The van der Waals surface area contributed by atoms with E-state index >= 15 is 0 Å². The molecule has 0 amide bonds. The Kier molecular flexibility index (Phi) is 6.13. The second kappa shape index (κ2) is 7.12. The molecule has 0 aliphatic carbocycles. The molecule has 0 fully saturated rings. The van der Waals surface area contributed by atoms with Crippen LogP contribution < -0.4 is 10.1 Å². The molecule has 0 aliphatic heterocycles. The van der Waals surface area contributed by atoms with Gasteiger partial charge in [0.1, 0.15) is 5.75 Å². The fourth-order valence-corrected chi connectivity index (χ4v) is 2.79. The van der Waals surface area contributed by atoms with Gasteiger partial charge in [0.2, 0.25) is 0 Å². The number of nitrogens with one attached hydrogen (secondary N) is 1. The third kappa shape index (κ3) is 4.29. The Morgan fingerprint density at radius 1 is 1.25 bits per heavy atom. The van der Waals surface area contributed by atoms with Crippen molar-refractivity contribution in [1.82, 2.24) is 5.32 Å². The van der Waals surface area contributed by atoms with E-state index in [0.29, 0.717) is 12.0 Å². The molecule has 0 heterocycles. The lowest BCUT2D eigenvalue weighted by Crippen LogP contribution is -2.34. The average Bonchev–Trinajstić information content (AvgIpc) is 2.30. The van der Waals surface area contributed by atoms with E-state index in [2.05, 4.69) is 53.9 Å². The maximum atomic E-state index is 5.13. The van der Waals surface area contributed by atoms with Gasteiger partial charge in [0.25, 0.3) is 0 Å².